The largest absolute Gasteiger partial charge is 0.479 e. The molecule has 138 valence electrons. The first kappa shape index (κ1) is 18.2. The molecule has 3 rings (SSSR count). The normalized spacial score (nSPS) is 33.4. The summed E-state index contributed by atoms with van der Waals surface area (Å²) < 4.78 is 22.3. The summed E-state index contributed by atoms with van der Waals surface area (Å²) in [5.74, 6) is -1.98. The lowest BCUT2D eigenvalue weighted by Gasteiger charge is -2.46. The van der Waals surface area contributed by atoms with Crippen molar-refractivity contribution in [1.29, 1.82) is 0 Å². The number of fused-ring (bicyclic) bond motifs is 1. The summed E-state index contributed by atoms with van der Waals surface area (Å²) in [7, 11) is 0. The number of hydrogen-bond donors (Lipinski definition) is 1. The van der Waals surface area contributed by atoms with Gasteiger partial charge in [0.1, 0.15) is 24.4 Å². The minimum atomic E-state index is -1.48. The number of esters is 1. The van der Waals surface area contributed by atoms with Gasteiger partial charge in [0, 0.05) is 17.4 Å². The van der Waals surface area contributed by atoms with E-state index in [9.17, 15) is 14.7 Å². The maximum Gasteiger partial charge on any atom is 0.333 e. The quantitative estimate of drug-likeness (QED) is 0.370. The van der Waals surface area contributed by atoms with Gasteiger partial charge in [-0.15, -0.1) is 0 Å². The fraction of sp³-hybridized carbons (Fsp3) is 0.500. The van der Waals surface area contributed by atoms with Gasteiger partial charge >= 0.3 is 11.9 Å². The average molecular weight is 363 g/mol. The maximum atomic E-state index is 11.5. The standard InChI is InChI=1S/C16H17N3O7/c1-8(20)24-13-11(18-19-17)14(15(21)22)25-10-7-23-16(26-12(10)13)9-5-3-2-4-6-9/h2-6,10-14,16H,7H2,1H3,(H,21,22)/t10?,11?,12-,13+,14+,16?/m0/s1. The molecule has 1 aromatic rings. The number of rotatable bonds is 4. The van der Waals surface area contributed by atoms with Gasteiger partial charge in [-0.25, -0.2) is 4.79 Å². The van der Waals surface area contributed by atoms with E-state index in [1.807, 2.05) is 18.2 Å². The number of ether oxygens (including phenoxy) is 4. The van der Waals surface area contributed by atoms with E-state index in [2.05, 4.69) is 10.0 Å². The van der Waals surface area contributed by atoms with Gasteiger partial charge in [0.25, 0.3) is 0 Å². The maximum absolute atomic E-state index is 11.5. The second-order valence-electron chi connectivity index (χ2n) is 5.88. The van der Waals surface area contributed by atoms with Gasteiger partial charge in [-0.1, -0.05) is 35.4 Å². The first-order valence-corrected chi connectivity index (χ1v) is 7.93. The lowest BCUT2D eigenvalue weighted by Crippen LogP contribution is -2.63. The molecule has 0 spiro atoms. The molecule has 10 heteroatoms. The average Bonchev–Trinajstić information content (AvgIpc) is 2.63. The van der Waals surface area contributed by atoms with Crippen molar-refractivity contribution in [3.63, 3.8) is 0 Å². The summed E-state index contributed by atoms with van der Waals surface area (Å²) >= 11 is 0. The predicted octanol–water partition coefficient (Wildman–Crippen LogP) is 1.56. The third-order valence-corrected chi connectivity index (χ3v) is 4.15. The number of carbonyl (C=O) groups is 2. The molecule has 0 saturated carbocycles. The Hall–Kier alpha value is -2.65. The van der Waals surface area contributed by atoms with Crippen LogP contribution in [0.4, 0.5) is 0 Å². The van der Waals surface area contributed by atoms with Gasteiger partial charge in [0.2, 0.25) is 0 Å². The van der Waals surface area contributed by atoms with E-state index in [0.29, 0.717) is 0 Å². The van der Waals surface area contributed by atoms with Crippen LogP contribution in [0.15, 0.2) is 35.4 Å². The summed E-state index contributed by atoms with van der Waals surface area (Å²) in [4.78, 5) is 25.7. The third kappa shape index (κ3) is 3.63. The molecule has 1 N–H and O–H groups in total. The molecule has 2 aliphatic rings. The molecule has 2 fully saturated rings. The van der Waals surface area contributed by atoms with E-state index in [4.69, 9.17) is 24.5 Å². The SMILES string of the molecule is CC(=O)O[C@@H]1C(N=[N+]=[N-])[C@H](C(=O)O)OC2COC(c3ccccc3)O[C@@H]21. The summed E-state index contributed by atoms with van der Waals surface area (Å²) in [6.45, 7) is 1.22. The molecule has 2 saturated heterocycles. The van der Waals surface area contributed by atoms with Crippen LogP contribution in [0.5, 0.6) is 0 Å². The number of hydrogen-bond acceptors (Lipinski definition) is 7. The number of aliphatic carboxylic acids is 1. The van der Waals surface area contributed by atoms with Gasteiger partial charge in [-0.05, 0) is 5.53 Å². The lowest BCUT2D eigenvalue weighted by molar-refractivity contribution is -0.312. The molecule has 1 aromatic carbocycles. The molecule has 0 amide bonds. The van der Waals surface area contributed by atoms with Crippen molar-refractivity contribution in [1.82, 2.24) is 0 Å². The lowest BCUT2D eigenvalue weighted by atomic mass is 9.92. The van der Waals surface area contributed by atoms with E-state index < -0.39 is 48.7 Å². The van der Waals surface area contributed by atoms with E-state index in [0.717, 1.165) is 5.56 Å². The molecule has 3 unspecified atom stereocenters. The minimum absolute atomic E-state index is 0.0365. The fourth-order valence-corrected chi connectivity index (χ4v) is 3.09. The van der Waals surface area contributed by atoms with Crippen LogP contribution in [0, 0.1) is 0 Å². The Morgan fingerprint density at radius 1 is 1.31 bits per heavy atom. The Balaban J connectivity index is 1.91. The Morgan fingerprint density at radius 2 is 2.04 bits per heavy atom. The first-order chi connectivity index (χ1) is 12.5. The predicted molar refractivity (Wildman–Crippen MR) is 84.8 cm³/mol. The van der Waals surface area contributed by atoms with Crippen molar-refractivity contribution in [2.24, 2.45) is 5.11 Å². The molecule has 2 aliphatic heterocycles. The molecular formula is C16H17N3O7. The molecular weight excluding hydrogens is 346 g/mol. The number of benzene rings is 1. The van der Waals surface area contributed by atoms with Crippen molar-refractivity contribution in [3.05, 3.63) is 46.3 Å². The van der Waals surface area contributed by atoms with Crippen molar-refractivity contribution in [2.75, 3.05) is 6.61 Å². The Bertz CT molecular complexity index is 722. The van der Waals surface area contributed by atoms with E-state index in [1.54, 1.807) is 12.1 Å². The van der Waals surface area contributed by atoms with Gasteiger partial charge in [-0.3, -0.25) is 4.79 Å². The smallest absolute Gasteiger partial charge is 0.333 e. The number of carboxylic acid groups (broad SMARTS) is 1. The van der Waals surface area contributed by atoms with Crippen molar-refractivity contribution in [3.8, 4) is 0 Å². The molecule has 2 heterocycles. The number of carbonyl (C=O) groups excluding carboxylic acids is 1. The molecule has 0 bridgehead atoms. The second-order valence-corrected chi connectivity index (χ2v) is 5.88. The van der Waals surface area contributed by atoms with Crippen LogP contribution >= 0.6 is 0 Å². The summed E-state index contributed by atoms with van der Waals surface area (Å²) in [5.41, 5.74) is 9.54. The van der Waals surface area contributed by atoms with Gasteiger partial charge < -0.3 is 24.1 Å². The molecule has 0 aromatic heterocycles. The van der Waals surface area contributed by atoms with E-state index in [-0.39, 0.29) is 6.61 Å². The highest BCUT2D eigenvalue weighted by Crippen LogP contribution is 2.36. The van der Waals surface area contributed by atoms with Crippen LogP contribution in [0.1, 0.15) is 18.8 Å². The minimum Gasteiger partial charge on any atom is -0.479 e. The van der Waals surface area contributed by atoms with Crippen molar-refractivity contribution >= 4 is 11.9 Å². The molecule has 6 atom stereocenters. The topological polar surface area (TPSA) is 140 Å². The van der Waals surface area contributed by atoms with Crippen LogP contribution < -0.4 is 0 Å². The summed E-state index contributed by atoms with van der Waals surface area (Å²) in [6.07, 6.45) is -4.96. The second kappa shape index (κ2) is 7.71. The summed E-state index contributed by atoms with van der Waals surface area (Å²) in [5, 5.41) is 12.9. The van der Waals surface area contributed by atoms with Gasteiger partial charge in [-0.2, -0.15) is 0 Å². The van der Waals surface area contributed by atoms with Crippen LogP contribution in [-0.2, 0) is 28.5 Å². The van der Waals surface area contributed by atoms with Crippen LogP contribution in [-0.4, -0.2) is 54.1 Å². The van der Waals surface area contributed by atoms with Crippen molar-refractivity contribution < 1.29 is 33.6 Å². The zero-order valence-corrected chi connectivity index (χ0v) is 13.8. The molecule has 0 aliphatic carbocycles. The van der Waals surface area contributed by atoms with Gasteiger partial charge in [0.05, 0.1) is 6.61 Å². The van der Waals surface area contributed by atoms with Gasteiger partial charge in [0.15, 0.2) is 12.4 Å². The molecule has 0 radical (unpaired) electrons. The Morgan fingerprint density at radius 3 is 2.65 bits per heavy atom. The zero-order valence-electron chi connectivity index (χ0n) is 13.8. The van der Waals surface area contributed by atoms with Crippen LogP contribution in [0.3, 0.4) is 0 Å². The summed E-state index contributed by atoms with van der Waals surface area (Å²) in [6, 6.07) is 7.82. The molecule has 10 nitrogen and oxygen atoms in total. The van der Waals surface area contributed by atoms with E-state index in [1.165, 1.54) is 6.92 Å². The van der Waals surface area contributed by atoms with Crippen LogP contribution in [0.2, 0.25) is 0 Å². The first-order valence-electron chi connectivity index (χ1n) is 7.93. The fourth-order valence-electron chi connectivity index (χ4n) is 3.09. The zero-order chi connectivity index (χ0) is 18.7. The highest BCUT2D eigenvalue weighted by molar-refractivity contribution is 5.74. The van der Waals surface area contributed by atoms with E-state index >= 15 is 0 Å². The highest BCUT2D eigenvalue weighted by atomic mass is 16.7. The third-order valence-electron chi connectivity index (χ3n) is 4.15. The molecule has 26 heavy (non-hydrogen) atoms. The highest BCUT2D eigenvalue weighted by Gasteiger charge is 2.53. The number of azide groups is 1. The Kier molecular flexibility index (Phi) is 5.38. The number of nitrogens with zero attached hydrogens (tertiary/aromatic N) is 3. The van der Waals surface area contributed by atoms with Crippen molar-refractivity contribution in [2.45, 2.75) is 43.7 Å². The monoisotopic (exact) mass is 363 g/mol. The van der Waals surface area contributed by atoms with Crippen LogP contribution in [0.25, 0.3) is 10.4 Å². The Labute approximate surface area is 148 Å². The number of carboxylic acids is 1.